The molecule has 0 saturated heterocycles. The highest BCUT2D eigenvalue weighted by Crippen LogP contribution is 2.22. The summed E-state index contributed by atoms with van der Waals surface area (Å²) in [5.74, 6) is -0.551. The summed E-state index contributed by atoms with van der Waals surface area (Å²) in [5, 5.41) is 0.517. The molecule has 2 rings (SSSR count). The van der Waals surface area contributed by atoms with E-state index < -0.39 is 11.5 Å². The number of aromatic nitrogens is 2. The minimum atomic E-state index is -0.551. The van der Waals surface area contributed by atoms with Crippen LogP contribution < -0.4 is 5.69 Å². The zero-order chi connectivity index (χ0) is 12.7. The van der Waals surface area contributed by atoms with Gasteiger partial charge in [0.05, 0.1) is 5.52 Å². The second-order valence-electron chi connectivity index (χ2n) is 4.02. The van der Waals surface area contributed by atoms with Gasteiger partial charge in [-0.25, -0.2) is 9.18 Å². The van der Waals surface area contributed by atoms with Crippen LogP contribution in [-0.2, 0) is 0 Å². The van der Waals surface area contributed by atoms with Crippen LogP contribution in [0.1, 0.15) is 19.9 Å². The number of fused-ring (bicyclic) bond motifs is 1. The molecular formula is C11H11FN2OS2. The molecule has 0 saturated carbocycles. The van der Waals surface area contributed by atoms with Crippen molar-refractivity contribution in [3.63, 3.8) is 0 Å². The van der Waals surface area contributed by atoms with Crippen LogP contribution in [-0.4, -0.2) is 9.55 Å². The van der Waals surface area contributed by atoms with Gasteiger partial charge < -0.3 is 4.98 Å². The van der Waals surface area contributed by atoms with Crippen molar-refractivity contribution in [1.29, 1.82) is 0 Å². The summed E-state index contributed by atoms with van der Waals surface area (Å²) in [6.45, 7) is 3.69. The Balaban J connectivity index is 3.02. The molecule has 0 unspecified atom stereocenters. The molecule has 3 nitrogen and oxygen atoms in total. The molecule has 0 fully saturated rings. The highest BCUT2D eigenvalue weighted by Gasteiger charge is 2.11. The topological polar surface area (TPSA) is 37.8 Å². The SMILES string of the molecule is CC(C)n1c(=O)[nH]c2c(F)c(S)ccc2c1=S. The lowest BCUT2D eigenvalue weighted by molar-refractivity contribution is 0.558. The molecule has 17 heavy (non-hydrogen) atoms. The van der Waals surface area contributed by atoms with E-state index in [4.69, 9.17) is 12.2 Å². The number of nitrogens with one attached hydrogen (secondary N) is 1. The third kappa shape index (κ3) is 1.91. The fraction of sp³-hybridized carbons (Fsp3) is 0.273. The first-order chi connectivity index (χ1) is 7.93. The number of thiol groups is 1. The summed E-state index contributed by atoms with van der Waals surface area (Å²) >= 11 is 9.18. The molecule has 6 heteroatoms. The van der Waals surface area contributed by atoms with E-state index in [2.05, 4.69) is 17.6 Å². The molecule has 0 spiro atoms. The number of H-pyrrole nitrogens is 1. The van der Waals surface area contributed by atoms with E-state index in [0.717, 1.165) is 0 Å². The Labute approximate surface area is 108 Å². The summed E-state index contributed by atoms with van der Waals surface area (Å²) < 4.78 is 15.6. The molecule has 0 aliphatic carbocycles. The zero-order valence-electron chi connectivity index (χ0n) is 9.32. The Morgan fingerprint density at radius 2 is 2.12 bits per heavy atom. The number of halogens is 1. The molecule has 1 heterocycles. The van der Waals surface area contributed by atoms with Gasteiger partial charge in [-0.15, -0.1) is 12.6 Å². The third-order valence-corrected chi connectivity index (χ3v) is 3.30. The lowest BCUT2D eigenvalue weighted by Crippen LogP contribution is -2.25. The Kier molecular flexibility index (Phi) is 3.09. The van der Waals surface area contributed by atoms with Crippen molar-refractivity contribution in [3.05, 3.63) is 33.1 Å². The largest absolute Gasteiger partial charge is 0.327 e. The molecule has 0 bridgehead atoms. The van der Waals surface area contributed by atoms with E-state index in [-0.39, 0.29) is 16.5 Å². The van der Waals surface area contributed by atoms with Gasteiger partial charge in [-0.1, -0.05) is 12.2 Å². The lowest BCUT2D eigenvalue weighted by Gasteiger charge is -2.12. The van der Waals surface area contributed by atoms with Gasteiger partial charge in [0, 0.05) is 16.3 Å². The minimum Gasteiger partial charge on any atom is -0.304 e. The van der Waals surface area contributed by atoms with Gasteiger partial charge in [-0.2, -0.15) is 0 Å². The maximum absolute atomic E-state index is 13.8. The highest BCUT2D eigenvalue weighted by atomic mass is 32.1. The van der Waals surface area contributed by atoms with Gasteiger partial charge in [0.2, 0.25) is 0 Å². The molecule has 0 atom stereocenters. The first-order valence-corrected chi connectivity index (χ1v) is 5.95. The van der Waals surface area contributed by atoms with E-state index in [1.807, 2.05) is 13.8 Å². The normalized spacial score (nSPS) is 11.4. The van der Waals surface area contributed by atoms with E-state index in [0.29, 0.717) is 10.0 Å². The van der Waals surface area contributed by atoms with Gasteiger partial charge >= 0.3 is 5.69 Å². The standard InChI is InChI=1S/C11H11FN2OS2/c1-5(2)14-10(17)6-3-4-7(16)8(12)9(6)13-11(14)15/h3-5,16H,1-2H3,(H,13,15). The number of nitrogens with zero attached hydrogens (tertiary/aromatic N) is 1. The summed E-state index contributed by atoms with van der Waals surface area (Å²) in [4.78, 5) is 14.5. The summed E-state index contributed by atoms with van der Waals surface area (Å²) in [5.41, 5.74) is -0.292. The predicted molar refractivity (Wildman–Crippen MR) is 71.0 cm³/mol. The fourth-order valence-corrected chi connectivity index (χ4v) is 2.37. The number of hydrogen-bond acceptors (Lipinski definition) is 3. The molecule has 2 aromatic rings. The van der Waals surface area contributed by atoms with Crippen molar-refractivity contribution in [2.75, 3.05) is 0 Å². The van der Waals surface area contributed by atoms with Crippen molar-refractivity contribution in [1.82, 2.24) is 9.55 Å². The molecule has 90 valence electrons. The van der Waals surface area contributed by atoms with E-state index in [1.54, 1.807) is 6.07 Å². The van der Waals surface area contributed by atoms with Crippen molar-refractivity contribution < 1.29 is 4.39 Å². The van der Waals surface area contributed by atoms with Crippen LogP contribution in [0.3, 0.4) is 0 Å². The summed E-state index contributed by atoms with van der Waals surface area (Å²) in [6, 6.07) is 3.12. The van der Waals surface area contributed by atoms with Crippen molar-refractivity contribution >= 4 is 35.7 Å². The minimum absolute atomic E-state index is 0.0746. The van der Waals surface area contributed by atoms with Gasteiger partial charge in [-0.3, -0.25) is 4.57 Å². The van der Waals surface area contributed by atoms with E-state index in [1.165, 1.54) is 10.6 Å². The first-order valence-electron chi connectivity index (χ1n) is 5.09. The van der Waals surface area contributed by atoms with Crippen LogP contribution in [0.25, 0.3) is 10.9 Å². The summed E-state index contributed by atoms with van der Waals surface area (Å²) in [6.07, 6.45) is 0. The summed E-state index contributed by atoms with van der Waals surface area (Å²) in [7, 11) is 0. The molecular weight excluding hydrogens is 259 g/mol. The Morgan fingerprint density at radius 3 is 2.71 bits per heavy atom. The number of aromatic amines is 1. The predicted octanol–water partition coefficient (Wildman–Crippen LogP) is 3.07. The Morgan fingerprint density at radius 1 is 1.47 bits per heavy atom. The van der Waals surface area contributed by atoms with Crippen LogP contribution in [0, 0.1) is 10.5 Å². The molecule has 0 amide bonds. The van der Waals surface area contributed by atoms with E-state index in [9.17, 15) is 9.18 Å². The van der Waals surface area contributed by atoms with Gasteiger partial charge in [0.25, 0.3) is 0 Å². The van der Waals surface area contributed by atoms with Gasteiger partial charge in [-0.05, 0) is 26.0 Å². The van der Waals surface area contributed by atoms with Crippen molar-refractivity contribution in [3.8, 4) is 0 Å². The van der Waals surface area contributed by atoms with Crippen LogP contribution >= 0.6 is 24.8 Å². The molecule has 1 aromatic heterocycles. The first kappa shape index (κ1) is 12.3. The molecule has 1 aromatic carbocycles. The van der Waals surface area contributed by atoms with Crippen LogP contribution in [0.15, 0.2) is 21.8 Å². The zero-order valence-corrected chi connectivity index (χ0v) is 11.0. The monoisotopic (exact) mass is 270 g/mol. The molecule has 0 aliphatic rings. The van der Waals surface area contributed by atoms with Crippen molar-refractivity contribution in [2.45, 2.75) is 24.8 Å². The average molecular weight is 270 g/mol. The Hall–Kier alpha value is -1.14. The smallest absolute Gasteiger partial charge is 0.304 e. The molecule has 1 N–H and O–H groups in total. The second-order valence-corrected chi connectivity index (χ2v) is 4.89. The highest BCUT2D eigenvalue weighted by molar-refractivity contribution is 7.80. The van der Waals surface area contributed by atoms with Crippen LogP contribution in [0.5, 0.6) is 0 Å². The average Bonchev–Trinajstić information content (AvgIpc) is 2.23. The maximum atomic E-state index is 13.8. The lowest BCUT2D eigenvalue weighted by atomic mass is 10.2. The maximum Gasteiger partial charge on any atom is 0.327 e. The quantitative estimate of drug-likeness (QED) is 0.617. The number of rotatable bonds is 1. The fourth-order valence-electron chi connectivity index (χ4n) is 1.72. The van der Waals surface area contributed by atoms with Gasteiger partial charge in [0.1, 0.15) is 4.64 Å². The second kappa shape index (κ2) is 4.27. The van der Waals surface area contributed by atoms with Crippen molar-refractivity contribution in [2.24, 2.45) is 0 Å². The number of benzene rings is 1. The van der Waals surface area contributed by atoms with Crippen LogP contribution in [0.2, 0.25) is 0 Å². The third-order valence-electron chi connectivity index (χ3n) is 2.54. The molecule has 0 radical (unpaired) electrons. The number of hydrogen-bond donors (Lipinski definition) is 2. The molecule has 0 aliphatic heterocycles. The Bertz CT molecular complexity index is 703. The van der Waals surface area contributed by atoms with Gasteiger partial charge in [0.15, 0.2) is 5.82 Å². The van der Waals surface area contributed by atoms with E-state index >= 15 is 0 Å². The van der Waals surface area contributed by atoms with Crippen LogP contribution in [0.4, 0.5) is 4.39 Å².